The third-order valence-corrected chi connectivity index (χ3v) is 3.71. The van der Waals surface area contributed by atoms with Gasteiger partial charge in [-0.05, 0) is 30.3 Å². The molecule has 0 saturated carbocycles. The minimum atomic E-state index is -4.71. The molecule has 2 aromatic rings. The fourth-order valence-electron chi connectivity index (χ4n) is 2.44. The number of benzene rings is 1. The molecule has 0 radical (unpaired) electrons. The number of pyridine rings is 1. The molecule has 0 spiro atoms. The Balaban J connectivity index is 0.00000126. The number of hydrogen-bond donors (Lipinski definition) is 1. The van der Waals surface area contributed by atoms with Gasteiger partial charge in [0.15, 0.2) is 0 Å². The first-order chi connectivity index (χ1) is 12.9. The Hall–Kier alpha value is -2.19. The van der Waals surface area contributed by atoms with E-state index in [-0.39, 0.29) is 5.75 Å². The molecule has 148 valence electrons. The van der Waals surface area contributed by atoms with Gasteiger partial charge in [-0.25, -0.2) is 4.98 Å². The lowest BCUT2D eigenvalue weighted by molar-refractivity contribution is -0.274. The van der Waals surface area contributed by atoms with E-state index in [9.17, 15) is 13.2 Å². The van der Waals surface area contributed by atoms with E-state index >= 15 is 0 Å². The van der Waals surface area contributed by atoms with E-state index in [1.807, 2.05) is 19.9 Å². The molecule has 1 aromatic carbocycles. The van der Waals surface area contributed by atoms with Crippen molar-refractivity contribution in [2.45, 2.75) is 20.2 Å². The Labute approximate surface area is 161 Å². The fraction of sp³-hybridized carbons (Fsp3) is 0.389. The third-order valence-electron chi connectivity index (χ3n) is 3.52. The summed E-state index contributed by atoms with van der Waals surface area (Å²) in [5.74, 6) is 0.213. The topological polar surface area (TPSA) is 46.6 Å². The standard InChI is InChI=1S/C16H15ClF3N3O2.C2H6/c17-14-9-12(23-5-7-24-8-6-23)10-15(22-14)21-11-1-3-13(4-2-11)25-16(18,19)20;1-2/h1-4,9-10H,5-8H2,(H,21,22);1-2H3. The smallest absolute Gasteiger partial charge is 0.406 e. The highest BCUT2D eigenvalue weighted by Gasteiger charge is 2.30. The number of nitrogens with zero attached hydrogens (tertiary/aromatic N) is 2. The monoisotopic (exact) mass is 403 g/mol. The maximum Gasteiger partial charge on any atom is 0.573 e. The van der Waals surface area contributed by atoms with Gasteiger partial charge in [0.25, 0.3) is 0 Å². The summed E-state index contributed by atoms with van der Waals surface area (Å²) in [5.41, 5.74) is 1.47. The number of ether oxygens (including phenoxy) is 2. The first-order valence-electron chi connectivity index (χ1n) is 8.52. The van der Waals surface area contributed by atoms with Crippen LogP contribution in [0.2, 0.25) is 5.15 Å². The summed E-state index contributed by atoms with van der Waals surface area (Å²) < 4.78 is 45.7. The number of morpholine rings is 1. The van der Waals surface area contributed by atoms with Gasteiger partial charge in [-0.2, -0.15) is 0 Å². The zero-order valence-electron chi connectivity index (χ0n) is 15.0. The number of hydrogen-bond acceptors (Lipinski definition) is 5. The molecule has 3 rings (SSSR count). The number of nitrogens with one attached hydrogen (secondary N) is 1. The first kappa shape index (κ1) is 21.1. The van der Waals surface area contributed by atoms with E-state index in [1.54, 1.807) is 6.07 Å². The Morgan fingerprint density at radius 3 is 2.33 bits per heavy atom. The summed E-state index contributed by atoms with van der Waals surface area (Å²) >= 11 is 6.08. The highest BCUT2D eigenvalue weighted by atomic mass is 35.5. The first-order valence-corrected chi connectivity index (χ1v) is 8.90. The summed E-state index contributed by atoms with van der Waals surface area (Å²) in [5, 5.41) is 3.35. The second-order valence-electron chi connectivity index (χ2n) is 5.33. The van der Waals surface area contributed by atoms with Crippen LogP contribution in [0.15, 0.2) is 36.4 Å². The van der Waals surface area contributed by atoms with Crippen LogP contribution in [-0.4, -0.2) is 37.6 Å². The van der Waals surface area contributed by atoms with Gasteiger partial charge in [0.05, 0.1) is 13.2 Å². The van der Waals surface area contributed by atoms with E-state index in [0.29, 0.717) is 29.9 Å². The van der Waals surface area contributed by atoms with Crippen molar-refractivity contribution in [1.82, 2.24) is 4.98 Å². The highest BCUT2D eigenvalue weighted by Crippen LogP contribution is 2.27. The van der Waals surface area contributed by atoms with Crippen molar-refractivity contribution in [3.63, 3.8) is 0 Å². The zero-order valence-corrected chi connectivity index (χ0v) is 15.8. The maximum absolute atomic E-state index is 12.2. The van der Waals surface area contributed by atoms with E-state index in [1.165, 1.54) is 24.3 Å². The number of alkyl halides is 3. The number of aromatic nitrogens is 1. The van der Waals surface area contributed by atoms with Gasteiger partial charge in [0.2, 0.25) is 0 Å². The summed E-state index contributed by atoms with van der Waals surface area (Å²) in [4.78, 5) is 6.32. The normalized spacial score (nSPS) is 14.2. The van der Waals surface area contributed by atoms with Crippen molar-refractivity contribution in [2.75, 3.05) is 36.5 Å². The molecule has 1 saturated heterocycles. The maximum atomic E-state index is 12.2. The molecule has 1 N–H and O–H groups in total. The van der Waals surface area contributed by atoms with Crippen LogP contribution in [0.1, 0.15) is 13.8 Å². The summed E-state index contributed by atoms with van der Waals surface area (Å²) in [6.45, 7) is 6.79. The van der Waals surface area contributed by atoms with Crippen molar-refractivity contribution in [2.24, 2.45) is 0 Å². The largest absolute Gasteiger partial charge is 0.573 e. The van der Waals surface area contributed by atoms with Crippen LogP contribution in [0.5, 0.6) is 5.75 Å². The molecule has 1 fully saturated rings. The lowest BCUT2D eigenvalue weighted by atomic mass is 10.3. The van der Waals surface area contributed by atoms with Gasteiger partial charge < -0.3 is 19.7 Å². The molecule has 1 aliphatic heterocycles. The van der Waals surface area contributed by atoms with E-state index in [0.717, 1.165) is 18.8 Å². The Kier molecular flexibility index (Phi) is 7.55. The van der Waals surface area contributed by atoms with E-state index < -0.39 is 6.36 Å². The third kappa shape index (κ3) is 6.80. The SMILES string of the molecule is CC.FC(F)(F)Oc1ccc(Nc2cc(N3CCOCC3)cc(Cl)n2)cc1. The molecule has 5 nitrogen and oxygen atoms in total. The summed E-state index contributed by atoms with van der Waals surface area (Å²) in [7, 11) is 0. The molecule has 9 heteroatoms. The quantitative estimate of drug-likeness (QED) is 0.707. The second-order valence-corrected chi connectivity index (χ2v) is 5.72. The van der Waals surface area contributed by atoms with Crippen LogP contribution < -0.4 is 15.0 Å². The molecule has 0 bridgehead atoms. The van der Waals surface area contributed by atoms with Crippen LogP contribution >= 0.6 is 11.6 Å². The Bertz CT molecular complexity index is 721. The van der Waals surface area contributed by atoms with Crippen molar-refractivity contribution in [1.29, 1.82) is 0 Å². The fourth-order valence-corrected chi connectivity index (χ4v) is 2.64. The number of anilines is 3. The van der Waals surface area contributed by atoms with Crippen molar-refractivity contribution >= 4 is 28.8 Å². The number of halogens is 4. The molecule has 0 amide bonds. The molecule has 2 heterocycles. The predicted octanol–water partition coefficient (Wildman–Crippen LogP) is 5.24. The Morgan fingerprint density at radius 2 is 1.74 bits per heavy atom. The van der Waals surface area contributed by atoms with Crippen molar-refractivity contribution in [3.05, 3.63) is 41.6 Å². The lowest BCUT2D eigenvalue weighted by Crippen LogP contribution is -2.36. The van der Waals surface area contributed by atoms with Gasteiger partial charge in [0, 0.05) is 30.5 Å². The van der Waals surface area contributed by atoms with Crippen LogP contribution in [0, 0.1) is 0 Å². The number of rotatable bonds is 4. The van der Waals surface area contributed by atoms with E-state index in [4.69, 9.17) is 16.3 Å². The van der Waals surface area contributed by atoms with Gasteiger partial charge in [-0.1, -0.05) is 25.4 Å². The molecule has 1 aliphatic rings. The zero-order chi connectivity index (χ0) is 19.9. The second kappa shape index (κ2) is 9.66. The Morgan fingerprint density at radius 1 is 1.11 bits per heavy atom. The molecular formula is C18H21ClF3N3O2. The predicted molar refractivity (Wildman–Crippen MR) is 100 cm³/mol. The van der Waals surface area contributed by atoms with Gasteiger partial charge in [-0.15, -0.1) is 13.2 Å². The summed E-state index contributed by atoms with van der Waals surface area (Å²) in [6, 6.07) is 8.98. The minimum Gasteiger partial charge on any atom is -0.406 e. The minimum absolute atomic E-state index is 0.286. The molecule has 0 aliphatic carbocycles. The van der Waals surface area contributed by atoms with Crippen molar-refractivity contribution < 1.29 is 22.6 Å². The van der Waals surface area contributed by atoms with E-state index in [2.05, 4.69) is 19.9 Å². The molecule has 0 unspecified atom stereocenters. The van der Waals surface area contributed by atoms with Crippen LogP contribution in [0.25, 0.3) is 0 Å². The molecule has 1 aromatic heterocycles. The van der Waals surface area contributed by atoms with Gasteiger partial charge in [-0.3, -0.25) is 0 Å². The van der Waals surface area contributed by atoms with Crippen LogP contribution in [-0.2, 0) is 4.74 Å². The molecular weight excluding hydrogens is 383 g/mol. The molecule has 0 atom stereocenters. The average molecular weight is 404 g/mol. The average Bonchev–Trinajstić information content (AvgIpc) is 2.64. The highest BCUT2D eigenvalue weighted by molar-refractivity contribution is 6.29. The lowest BCUT2D eigenvalue weighted by Gasteiger charge is -2.29. The summed E-state index contributed by atoms with van der Waals surface area (Å²) in [6.07, 6.45) is -4.71. The van der Waals surface area contributed by atoms with Crippen LogP contribution in [0.3, 0.4) is 0 Å². The van der Waals surface area contributed by atoms with Crippen molar-refractivity contribution in [3.8, 4) is 5.75 Å². The molecule has 27 heavy (non-hydrogen) atoms. The van der Waals surface area contributed by atoms with Gasteiger partial charge >= 0.3 is 6.36 Å². The van der Waals surface area contributed by atoms with Crippen LogP contribution in [0.4, 0.5) is 30.4 Å². The van der Waals surface area contributed by atoms with Gasteiger partial charge in [0.1, 0.15) is 16.7 Å².